The van der Waals surface area contributed by atoms with E-state index in [0.717, 1.165) is 19.4 Å². The van der Waals surface area contributed by atoms with Crippen molar-refractivity contribution in [2.24, 2.45) is 5.41 Å². The largest absolute Gasteiger partial charge is 0.465 e. The first-order valence-corrected chi connectivity index (χ1v) is 6.38. The van der Waals surface area contributed by atoms with Gasteiger partial charge < -0.3 is 9.64 Å². The van der Waals surface area contributed by atoms with Crippen LogP contribution in [0.4, 0.5) is 0 Å². The van der Waals surface area contributed by atoms with Crippen LogP contribution in [0.5, 0.6) is 0 Å². The normalized spacial score (nSPS) is 25.1. The average molecular weight is 241 g/mol. The number of ketones is 1. The molecule has 0 saturated heterocycles. The highest BCUT2D eigenvalue weighted by Crippen LogP contribution is 2.37. The van der Waals surface area contributed by atoms with E-state index in [1.807, 2.05) is 19.0 Å². The molecule has 4 heteroatoms. The Bertz CT molecular complexity index is 288. The van der Waals surface area contributed by atoms with Crippen molar-refractivity contribution in [2.45, 2.75) is 39.0 Å². The third kappa shape index (κ3) is 3.28. The summed E-state index contributed by atoms with van der Waals surface area (Å²) < 4.78 is 5.11. The lowest BCUT2D eigenvalue weighted by atomic mass is 9.70. The van der Waals surface area contributed by atoms with Crippen LogP contribution in [0.25, 0.3) is 0 Å². The van der Waals surface area contributed by atoms with Gasteiger partial charge in [-0.05, 0) is 46.8 Å². The molecule has 0 aromatic heterocycles. The van der Waals surface area contributed by atoms with Crippen molar-refractivity contribution < 1.29 is 14.3 Å². The number of esters is 1. The van der Waals surface area contributed by atoms with E-state index in [2.05, 4.69) is 0 Å². The van der Waals surface area contributed by atoms with Gasteiger partial charge in [-0.15, -0.1) is 0 Å². The molecule has 1 fully saturated rings. The van der Waals surface area contributed by atoms with Gasteiger partial charge in [0.05, 0.1) is 6.61 Å². The number of rotatable bonds is 5. The molecule has 0 heterocycles. The molecule has 1 atom stereocenters. The molecule has 98 valence electrons. The van der Waals surface area contributed by atoms with E-state index in [1.165, 1.54) is 0 Å². The Labute approximate surface area is 103 Å². The zero-order valence-electron chi connectivity index (χ0n) is 11.1. The van der Waals surface area contributed by atoms with Crippen LogP contribution in [0.1, 0.15) is 39.0 Å². The van der Waals surface area contributed by atoms with Crippen molar-refractivity contribution in [3.05, 3.63) is 0 Å². The van der Waals surface area contributed by atoms with Crippen LogP contribution in [0.3, 0.4) is 0 Å². The molecule has 1 rings (SSSR count). The van der Waals surface area contributed by atoms with Crippen molar-refractivity contribution in [3.8, 4) is 0 Å². The van der Waals surface area contributed by atoms with Gasteiger partial charge in [0, 0.05) is 6.42 Å². The van der Waals surface area contributed by atoms with Crippen LogP contribution in [0.2, 0.25) is 0 Å². The van der Waals surface area contributed by atoms with E-state index in [4.69, 9.17) is 4.74 Å². The summed E-state index contributed by atoms with van der Waals surface area (Å²) in [5.74, 6) is -0.240. The number of hydrogen-bond acceptors (Lipinski definition) is 4. The summed E-state index contributed by atoms with van der Waals surface area (Å²) in [5, 5.41) is 0. The zero-order valence-corrected chi connectivity index (χ0v) is 11.1. The molecule has 0 amide bonds. The van der Waals surface area contributed by atoms with Crippen molar-refractivity contribution >= 4 is 11.8 Å². The highest BCUT2D eigenvalue weighted by Gasteiger charge is 2.47. The van der Waals surface area contributed by atoms with E-state index in [1.54, 1.807) is 6.92 Å². The Morgan fingerprint density at radius 2 is 2.12 bits per heavy atom. The van der Waals surface area contributed by atoms with Gasteiger partial charge in [-0.1, -0.05) is 6.42 Å². The smallest absolute Gasteiger partial charge is 0.319 e. The van der Waals surface area contributed by atoms with Gasteiger partial charge in [0.2, 0.25) is 0 Å². The third-order valence-electron chi connectivity index (χ3n) is 3.44. The summed E-state index contributed by atoms with van der Waals surface area (Å²) in [4.78, 5) is 26.2. The molecular weight excluding hydrogens is 218 g/mol. The minimum atomic E-state index is -0.863. The summed E-state index contributed by atoms with van der Waals surface area (Å²) in [6.45, 7) is 2.87. The molecule has 0 aliphatic heterocycles. The molecule has 0 aromatic rings. The van der Waals surface area contributed by atoms with Crippen LogP contribution >= 0.6 is 0 Å². The second-order valence-electron chi connectivity index (χ2n) is 4.99. The Balaban J connectivity index is 2.82. The van der Waals surface area contributed by atoms with Gasteiger partial charge >= 0.3 is 5.97 Å². The Morgan fingerprint density at radius 3 is 2.65 bits per heavy atom. The fraction of sp³-hybridized carbons (Fsp3) is 0.846. The van der Waals surface area contributed by atoms with Gasteiger partial charge in [-0.25, -0.2) is 0 Å². The standard InChI is InChI=1S/C13H23NO3/c1-4-17-12(16)13(9-10-14(2)3)8-6-5-7-11(13)15/h4-10H2,1-3H3. The average Bonchev–Trinajstić information content (AvgIpc) is 2.28. The third-order valence-corrected chi connectivity index (χ3v) is 3.44. The predicted molar refractivity (Wildman–Crippen MR) is 65.7 cm³/mol. The number of Topliss-reactive ketones (excluding diaryl/α,β-unsaturated/α-hetero) is 1. The van der Waals surface area contributed by atoms with E-state index < -0.39 is 5.41 Å². The molecule has 0 spiro atoms. The zero-order chi connectivity index (χ0) is 12.9. The highest BCUT2D eigenvalue weighted by atomic mass is 16.5. The quantitative estimate of drug-likeness (QED) is 0.542. The fourth-order valence-corrected chi connectivity index (χ4v) is 2.36. The number of hydrogen-bond donors (Lipinski definition) is 0. The number of carbonyl (C=O) groups is 2. The van der Waals surface area contributed by atoms with Crippen molar-refractivity contribution in [3.63, 3.8) is 0 Å². The summed E-state index contributed by atoms with van der Waals surface area (Å²) in [5.41, 5.74) is -0.863. The molecule has 1 unspecified atom stereocenters. The molecule has 0 N–H and O–H groups in total. The maximum atomic E-state index is 12.1. The van der Waals surface area contributed by atoms with Crippen LogP contribution in [-0.4, -0.2) is 43.9 Å². The predicted octanol–water partition coefficient (Wildman–Crippen LogP) is 1.63. The van der Waals surface area contributed by atoms with Gasteiger partial charge in [0.1, 0.15) is 11.2 Å². The maximum Gasteiger partial charge on any atom is 0.319 e. The van der Waals surface area contributed by atoms with Crippen LogP contribution in [0.15, 0.2) is 0 Å². The lowest BCUT2D eigenvalue weighted by Gasteiger charge is -2.34. The molecule has 0 bridgehead atoms. The fourth-order valence-electron chi connectivity index (χ4n) is 2.36. The van der Waals surface area contributed by atoms with Gasteiger partial charge in [-0.3, -0.25) is 9.59 Å². The van der Waals surface area contributed by atoms with E-state index in [-0.39, 0.29) is 11.8 Å². The van der Waals surface area contributed by atoms with Crippen molar-refractivity contribution in [1.29, 1.82) is 0 Å². The van der Waals surface area contributed by atoms with Gasteiger partial charge in [-0.2, -0.15) is 0 Å². The summed E-state index contributed by atoms with van der Waals surface area (Å²) in [6.07, 6.45) is 3.60. The molecule has 17 heavy (non-hydrogen) atoms. The first-order chi connectivity index (χ1) is 8.03. The van der Waals surface area contributed by atoms with Gasteiger partial charge in [0.25, 0.3) is 0 Å². The second-order valence-corrected chi connectivity index (χ2v) is 4.99. The first-order valence-electron chi connectivity index (χ1n) is 6.38. The minimum Gasteiger partial charge on any atom is -0.465 e. The summed E-state index contributed by atoms with van der Waals surface area (Å²) >= 11 is 0. The van der Waals surface area contributed by atoms with Crippen LogP contribution < -0.4 is 0 Å². The lowest BCUT2D eigenvalue weighted by Crippen LogP contribution is -2.44. The van der Waals surface area contributed by atoms with E-state index >= 15 is 0 Å². The summed E-state index contributed by atoms with van der Waals surface area (Å²) in [6, 6.07) is 0. The highest BCUT2D eigenvalue weighted by molar-refractivity contribution is 6.04. The Morgan fingerprint density at radius 1 is 1.41 bits per heavy atom. The van der Waals surface area contributed by atoms with Gasteiger partial charge in [0.15, 0.2) is 0 Å². The number of carbonyl (C=O) groups excluding carboxylic acids is 2. The molecule has 1 saturated carbocycles. The minimum absolute atomic E-state index is 0.0732. The Kier molecular flexibility index (Phi) is 5.12. The molecule has 4 nitrogen and oxygen atoms in total. The molecule has 0 radical (unpaired) electrons. The van der Waals surface area contributed by atoms with Crippen molar-refractivity contribution in [2.75, 3.05) is 27.2 Å². The number of nitrogens with zero attached hydrogens (tertiary/aromatic N) is 1. The molecule has 1 aliphatic rings. The molecular formula is C13H23NO3. The molecule has 1 aliphatic carbocycles. The topological polar surface area (TPSA) is 46.6 Å². The van der Waals surface area contributed by atoms with Crippen LogP contribution in [-0.2, 0) is 14.3 Å². The monoisotopic (exact) mass is 241 g/mol. The first kappa shape index (κ1) is 14.2. The maximum absolute atomic E-state index is 12.1. The van der Waals surface area contributed by atoms with E-state index in [0.29, 0.717) is 25.9 Å². The van der Waals surface area contributed by atoms with Crippen molar-refractivity contribution in [1.82, 2.24) is 4.90 Å². The lowest BCUT2D eigenvalue weighted by molar-refractivity contribution is -0.163. The Hall–Kier alpha value is -0.900. The van der Waals surface area contributed by atoms with E-state index in [9.17, 15) is 9.59 Å². The molecule has 0 aromatic carbocycles. The van der Waals surface area contributed by atoms with Crippen LogP contribution in [0, 0.1) is 5.41 Å². The number of ether oxygens (including phenoxy) is 1. The summed E-state index contributed by atoms with van der Waals surface area (Å²) in [7, 11) is 3.90. The second kappa shape index (κ2) is 6.15. The SMILES string of the molecule is CCOC(=O)C1(CCN(C)C)CCCCC1=O.